The molecule has 0 radical (unpaired) electrons. The van der Waals surface area contributed by atoms with E-state index in [1.54, 1.807) is 0 Å². The van der Waals surface area contributed by atoms with Gasteiger partial charge in [-0.1, -0.05) is 12.8 Å². The molecule has 1 fully saturated rings. The quantitative estimate of drug-likeness (QED) is 0.677. The molecule has 0 amide bonds. The minimum atomic E-state index is 0.248. The van der Waals surface area contributed by atoms with Crippen LogP contribution in [0.5, 0.6) is 0 Å². The van der Waals surface area contributed by atoms with Crippen LogP contribution in [0.3, 0.4) is 0 Å². The highest BCUT2D eigenvalue weighted by Gasteiger charge is 2.27. The Morgan fingerprint density at radius 1 is 1.07 bits per heavy atom. The van der Waals surface area contributed by atoms with Crippen LogP contribution in [0.4, 0.5) is 0 Å². The van der Waals surface area contributed by atoms with Crippen molar-refractivity contribution >= 4 is 0 Å². The minimum absolute atomic E-state index is 0.248. The summed E-state index contributed by atoms with van der Waals surface area (Å²) in [5.41, 5.74) is 0.678. The first-order chi connectivity index (χ1) is 6.41. The summed E-state index contributed by atoms with van der Waals surface area (Å²) in [4.78, 5) is 0. The van der Waals surface area contributed by atoms with E-state index < -0.39 is 0 Å². The Bertz CT molecular complexity index is 164. The van der Waals surface area contributed by atoms with Crippen LogP contribution in [0.15, 0.2) is 0 Å². The molecule has 0 heterocycles. The van der Waals surface area contributed by atoms with Crippen LogP contribution in [-0.4, -0.2) is 24.2 Å². The second-order valence-corrected chi connectivity index (χ2v) is 5.87. The maximum Gasteiger partial charge on any atom is 0.0153 e. The maximum atomic E-state index is 3.67. The Labute approximate surface area is 88.8 Å². The second kappa shape index (κ2) is 4.63. The summed E-state index contributed by atoms with van der Waals surface area (Å²) in [6.45, 7) is 11.2. The molecule has 0 aliphatic heterocycles. The summed E-state index contributed by atoms with van der Waals surface area (Å²) in [5, 5.41) is 7.17. The predicted molar refractivity (Wildman–Crippen MR) is 62.6 cm³/mol. The average molecular weight is 198 g/mol. The fourth-order valence-electron chi connectivity index (χ4n) is 2.13. The van der Waals surface area contributed by atoms with Crippen molar-refractivity contribution in [3.8, 4) is 0 Å². The first-order valence-corrected chi connectivity index (χ1v) is 5.91. The molecule has 0 bridgehead atoms. The summed E-state index contributed by atoms with van der Waals surface area (Å²) in [6.07, 6.45) is 5.50. The zero-order chi connectivity index (χ0) is 10.7. The Balaban J connectivity index is 2.09. The molecule has 0 unspecified atom stereocenters. The summed E-state index contributed by atoms with van der Waals surface area (Å²) in [5.74, 6) is 0. The summed E-state index contributed by atoms with van der Waals surface area (Å²) >= 11 is 0. The lowest BCUT2D eigenvalue weighted by atomic mass is 10.0. The minimum Gasteiger partial charge on any atom is -0.311 e. The van der Waals surface area contributed by atoms with Gasteiger partial charge in [-0.15, -0.1) is 0 Å². The zero-order valence-electron chi connectivity index (χ0n) is 10.2. The van der Waals surface area contributed by atoms with Crippen LogP contribution >= 0.6 is 0 Å². The lowest BCUT2D eigenvalue weighted by Gasteiger charge is -2.27. The third kappa shape index (κ3) is 4.43. The summed E-state index contributed by atoms with van der Waals surface area (Å²) < 4.78 is 0. The van der Waals surface area contributed by atoms with Crippen LogP contribution in [-0.2, 0) is 0 Å². The van der Waals surface area contributed by atoms with Crippen molar-refractivity contribution in [3.63, 3.8) is 0 Å². The van der Waals surface area contributed by atoms with E-state index in [0.717, 1.165) is 13.1 Å². The molecule has 1 aliphatic carbocycles. The Kier molecular flexibility index (Phi) is 3.96. The van der Waals surface area contributed by atoms with Crippen molar-refractivity contribution in [2.24, 2.45) is 0 Å². The smallest absolute Gasteiger partial charge is 0.0153 e. The van der Waals surface area contributed by atoms with Crippen LogP contribution in [0.1, 0.15) is 53.4 Å². The third-order valence-electron chi connectivity index (χ3n) is 3.04. The topological polar surface area (TPSA) is 24.1 Å². The van der Waals surface area contributed by atoms with Gasteiger partial charge < -0.3 is 10.6 Å². The van der Waals surface area contributed by atoms with E-state index in [1.165, 1.54) is 25.7 Å². The summed E-state index contributed by atoms with van der Waals surface area (Å²) in [6, 6.07) is 0. The Morgan fingerprint density at radius 3 is 2.14 bits per heavy atom. The van der Waals surface area contributed by atoms with E-state index in [9.17, 15) is 0 Å². The van der Waals surface area contributed by atoms with Crippen molar-refractivity contribution in [1.82, 2.24) is 10.6 Å². The van der Waals surface area contributed by atoms with Crippen molar-refractivity contribution in [3.05, 3.63) is 0 Å². The molecule has 2 N–H and O–H groups in total. The molecule has 1 rings (SSSR count). The second-order valence-electron chi connectivity index (χ2n) is 5.87. The lowest BCUT2D eigenvalue weighted by Crippen LogP contribution is -2.46. The monoisotopic (exact) mass is 198 g/mol. The molecule has 1 aliphatic rings. The SMILES string of the molecule is CC(C)(C)NCCNC1(C)CCCC1. The molecular formula is C12H26N2. The van der Waals surface area contributed by atoms with Gasteiger partial charge in [0.15, 0.2) is 0 Å². The standard InChI is InChI=1S/C12H26N2/c1-11(2,3)13-9-10-14-12(4)7-5-6-8-12/h13-14H,5-10H2,1-4H3. The van der Waals surface area contributed by atoms with Gasteiger partial charge in [0.05, 0.1) is 0 Å². The molecule has 2 nitrogen and oxygen atoms in total. The molecule has 0 spiro atoms. The van der Waals surface area contributed by atoms with Gasteiger partial charge in [0, 0.05) is 24.2 Å². The first-order valence-electron chi connectivity index (χ1n) is 5.91. The molecule has 2 heteroatoms. The van der Waals surface area contributed by atoms with Crippen molar-refractivity contribution < 1.29 is 0 Å². The maximum absolute atomic E-state index is 3.67. The van der Waals surface area contributed by atoms with Gasteiger partial charge >= 0.3 is 0 Å². The highest BCUT2D eigenvalue weighted by Crippen LogP contribution is 2.28. The average Bonchev–Trinajstić information content (AvgIpc) is 2.45. The third-order valence-corrected chi connectivity index (χ3v) is 3.04. The van der Waals surface area contributed by atoms with Crippen LogP contribution < -0.4 is 10.6 Å². The fourth-order valence-corrected chi connectivity index (χ4v) is 2.13. The highest BCUT2D eigenvalue weighted by atomic mass is 15.0. The normalized spacial score (nSPS) is 21.4. The lowest BCUT2D eigenvalue weighted by molar-refractivity contribution is 0.345. The molecular weight excluding hydrogens is 172 g/mol. The Morgan fingerprint density at radius 2 is 1.64 bits per heavy atom. The zero-order valence-corrected chi connectivity index (χ0v) is 10.2. The van der Waals surface area contributed by atoms with Gasteiger partial charge in [-0.25, -0.2) is 0 Å². The van der Waals surface area contributed by atoms with Crippen LogP contribution in [0.2, 0.25) is 0 Å². The molecule has 0 aromatic rings. The molecule has 0 aromatic carbocycles. The fraction of sp³-hybridized carbons (Fsp3) is 1.00. The number of hydrogen-bond acceptors (Lipinski definition) is 2. The van der Waals surface area contributed by atoms with Gasteiger partial charge in [0.2, 0.25) is 0 Å². The van der Waals surface area contributed by atoms with Gasteiger partial charge in [-0.05, 0) is 40.5 Å². The number of hydrogen-bond donors (Lipinski definition) is 2. The molecule has 0 aromatic heterocycles. The summed E-state index contributed by atoms with van der Waals surface area (Å²) in [7, 11) is 0. The van der Waals surface area contributed by atoms with E-state index in [0.29, 0.717) is 5.54 Å². The van der Waals surface area contributed by atoms with Crippen LogP contribution in [0.25, 0.3) is 0 Å². The van der Waals surface area contributed by atoms with Crippen molar-refractivity contribution in [2.45, 2.75) is 64.5 Å². The molecule has 0 atom stereocenters. The van der Waals surface area contributed by atoms with Gasteiger partial charge in [0.1, 0.15) is 0 Å². The molecule has 1 saturated carbocycles. The Hall–Kier alpha value is -0.0800. The van der Waals surface area contributed by atoms with E-state index >= 15 is 0 Å². The van der Waals surface area contributed by atoms with Crippen LogP contribution in [0, 0.1) is 0 Å². The number of nitrogens with one attached hydrogen (secondary N) is 2. The molecule has 84 valence electrons. The van der Waals surface area contributed by atoms with Gasteiger partial charge in [0.25, 0.3) is 0 Å². The van der Waals surface area contributed by atoms with Gasteiger partial charge in [-0.2, -0.15) is 0 Å². The van der Waals surface area contributed by atoms with E-state index in [1.807, 2.05) is 0 Å². The van der Waals surface area contributed by atoms with Gasteiger partial charge in [-0.3, -0.25) is 0 Å². The highest BCUT2D eigenvalue weighted by molar-refractivity contribution is 4.88. The van der Waals surface area contributed by atoms with Crippen molar-refractivity contribution in [1.29, 1.82) is 0 Å². The molecule has 0 saturated heterocycles. The van der Waals surface area contributed by atoms with E-state index in [2.05, 4.69) is 38.3 Å². The number of rotatable bonds is 4. The first kappa shape index (κ1) is 12.0. The van der Waals surface area contributed by atoms with E-state index in [-0.39, 0.29) is 5.54 Å². The predicted octanol–water partition coefficient (Wildman–Crippen LogP) is 2.30. The van der Waals surface area contributed by atoms with E-state index in [4.69, 9.17) is 0 Å². The van der Waals surface area contributed by atoms with Crippen molar-refractivity contribution in [2.75, 3.05) is 13.1 Å². The molecule has 14 heavy (non-hydrogen) atoms. The largest absolute Gasteiger partial charge is 0.311 e.